The highest BCUT2D eigenvalue weighted by Gasteiger charge is 2.12. The Balaban J connectivity index is 2.31. The van der Waals surface area contributed by atoms with Crippen LogP contribution in [0, 0.1) is 6.92 Å². The average Bonchev–Trinajstić information content (AvgIpc) is 2.38. The molecule has 0 aliphatic rings. The lowest BCUT2D eigenvalue weighted by molar-refractivity contribution is 0.0693. The lowest BCUT2D eigenvalue weighted by atomic mass is 10.2. The minimum atomic E-state index is -1.05. The average molecular weight is 258 g/mol. The molecule has 0 aliphatic carbocycles. The van der Waals surface area contributed by atoms with Crippen LogP contribution >= 0.6 is 0 Å². The first-order valence-electron chi connectivity index (χ1n) is 5.76. The molecule has 19 heavy (non-hydrogen) atoms. The Morgan fingerprint density at radius 1 is 1.11 bits per heavy atom. The summed E-state index contributed by atoms with van der Waals surface area (Å²) < 4.78 is 10.6. The third-order valence-electron chi connectivity index (χ3n) is 2.63. The maximum Gasteiger partial charge on any atom is 0.339 e. The van der Waals surface area contributed by atoms with Crippen molar-refractivity contribution in [2.75, 3.05) is 7.11 Å². The number of hydrogen-bond donors (Lipinski definition) is 1. The van der Waals surface area contributed by atoms with Crippen LogP contribution in [0.4, 0.5) is 0 Å². The van der Waals surface area contributed by atoms with Crippen molar-refractivity contribution in [1.82, 2.24) is 0 Å². The maximum atomic E-state index is 11.1. The molecule has 2 aromatic carbocycles. The Morgan fingerprint density at radius 2 is 1.84 bits per heavy atom. The Kier molecular flexibility index (Phi) is 3.71. The third-order valence-corrected chi connectivity index (χ3v) is 2.63. The zero-order chi connectivity index (χ0) is 13.8. The molecule has 0 radical (unpaired) electrons. The van der Waals surface area contributed by atoms with E-state index < -0.39 is 5.97 Å². The summed E-state index contributed by atoms with van der Waals surface area (Å²) in [6.45, 7) is 1.96. The van der Waals surface area contributed by atoms with Crippen LogP contribution in [0.15, 0.2) is 42.5 Å². The first-order valence-corrected chi connectivity index (χ1v) is 5.76. The molecule has 0 saturated carbocycles. The van der Waals surface area contributed by atoms with E-state index in [1.807, 2.05) is 31.2 Å². The summed E-state index contributed by atoms with van der Waals surface area (Å²) in [7, 11) is 1.43. The largest absolute Gasteiger partial charge is 0.496 e. The lowest BCUT2D eigenvalue weighted by Gasteiger charge is -2.09. The summed E-state index contributed by atoms with van der Waals surface area (Å²) in [6, 6.07) is 12.2. The fraction of sp³-hybridized carbons (Fsp3) is 0.133. The summed E-state index contributed by atoms with van der Waals surface area (Å²) in [5.74, 6) is 0.390. The van der Waals surface area contributed by atoms with Gasteiger partial charge in [0, 0.05) is 0 Å². The van der Waals surface area contributed by atoms with Gasteiger partial charge in [-0.2, -0.15) is 0 Å². The monoisotopic (exact) mass is 258 g/mol. The van der Waals surface area contributed by atoms with Gasteiger partial charge in [-0.15, -0.1) is 0 Å². The molecule has 98 valence electrons. The number of carboxylic acids is 1. The number of aromatic carboxylic acids is 1. The predicted molar refractivity (Wildman–Crippen MR) is 71.2 cm³/mol. The highest BCUT2D eigenvalue weighted by atomic mass is 16.5. The van der Waals surface area contributed by atoms with Gasteiger partial charge in [0.15, 0.2) is 0 Å². The van der Waals surface area contributed by atoms with Gasteiger partial charge < -0.3 is 14.6 Å². The smallest absolute Gasteiger partial charge is 0.339 e. The molecular formula is C15H14O4. The van der Waals surface area contributed by atoms with E-state index in [0.717, 1.165) is 5.56 Å². The molecule has 4 heteroatoms. The topological polar surface area (TPSA) is 55.8 Å². The zero-order valence-corrected chi connectivity index (χ0v) is 10.7. The fourth-order valence-corrected chi connectivity index (χ4v) is 1.73. The van der Waals surface area contributed by atoms with Gasteiger partial charge in [-0.25, -0.2) is 4.79 Å². The summed E-state index contributed by atoms with van der Waals surface area (Å²) in [5.41, 5.74) is 1.15. The Bertz CT molecular complexity index is 605. The third kappa shape index (κ3) is 3.04. The van der Waals surface area contributed by atoms with Gasteiger partial charge in [0.25, 0.3) is 0 Å². The second kappa shape index (κ2) is 5.44. The molecule has 2 rings (SSSR count). The highest BCUT2D eigenvalue weighted by molar-refractivity contribution is 5.91. The summed E-state index contributed by atoms with van der Waals surface area (Å²) in [5, 5.41) is 9.10. The molecule has 4 nitrogen and oxygen atoms in total. The Hall–Kier alpha value is -2.49. The van der Waals surface area contributed by atoms with Crippen LogP contribution in [-0.2, 0) is 0 Å². The molecule has 0 unspecified atom stereocenters. The molecule has 0 spiro atoms. The van der Waals surface area contributed by atoms with Crippen molar-refractivity contribution in [1.29, 1.82) is 0 Å². The molecule has 0 aliphatic heterocycles. The van der Waals surface area contributed by atoms with E-state index in [1.165, 1.54) is 13.2 Å². The first-order chi connectivity index (χ1) is 9.10. The van der Waals surface area contributed by atoms with Crippen LogP contribution in [0.25, 0.3) is 0 Å². The number of ether oxygens (including phenoxy) is 2. The molecule has 0 atom stereocenters. The summed E-state index contributed by atoms with van der Waals surface area (Å²) >= 11 is 0. The molecule has 1 N–H and O–H groups in total. The van der Waals surface area contributed by atoms with Gasteiger partial charge in [0.2, 0.25) is 0 Å². The van der Waals surface area contributed by atoms with E-state index in [2.05, 4.69) is 0 Å². The molecule has 0 fully saturated rings. The van der Waals surface area contributed by atoms with Crippen LogP contribution < -0.4 is 9.47 Å². The second-order valence-electron chi connectivity index (χ2n) is 4.09. The molecular weight excluding hydrogens is 244 g/mol. The molecule has 0 aromatic heterocycles. The van der Waals surface area contributed by atoms with E-state index in [1.54, 1.807) is 12.1 Å². The SMILES string of the molecule is COc1ccc(Oc2cccc(C)c2)cc1C(=O)O. The number of carbonyl (C=O) groups is 1. The Morgan fingerprint density at radius 3 is 2.47 bits per heavy atom. The van der Waals surface area contributed by atoms with Crippen LogP contribution in [0.2, 0.25) is 0 Å². The number of hydrogen-bond acceptors (Lipinski definition) is 3. The van der Waals surface area contributed by atoms with Crippen LogP contribution in [0.3, 0.4) is 0 Å². The second-order valence-corrected chi connectivity index (χ2v) is 4.09. The van der Waals surface area contributed by atoms with Crippen molar-refractivity contribution in [3.8, 4) is 17.2 Å². The van der Waals surface area contributed by atoms with Crippen molar-refractivity contribution in [2.24, 2.45) is 0 Å². The van der Waals surface area contributed by atoms with Gasteiger partial charge >= 0.3 is 5.97 Å². The Labute approximate surface area is 111 Å². The normalized spacial score (nSPS) is 10.0. The van der Waals surface area contributed by atoms with E-state index in [4.69, 9.17) is 14.6 Å². The zero-order valence-electron chi connectivity index (χ0n) is 10.7. The van der Waals surface area contributed by atoms with Gasteiger partial charge in [-0.1, -0.05) is 12.1 Å². The van der Waals surface area contributed by atoms with E-state index in [-0.39, 0.29) is 5.56 Å². The number of rotatable bonds is 4. The number of methoxy groups -OCH3 is 1. The maximum absolute atomic E-state index is 11.1. The van der Waals surface area contributed by atoms with E-state index in [9.17, 15) is 4.79 Å². The molecule has 2 aromatic rings. The molecule has 0 amide bonds. The molecule has 0 saturated heterocycles. The molecule has 0 bridgehead atoms. The minimum Gasteiger partial charge on any atom is -0.496 e. The van der Waals surface area contributed by atoms with Crippen LogP contribution in [0.1, 0.15) is 15.9 Å². The first kappa shape index (κ1) is 13.0. The van der Waals surface area contributed by atoms with Crippen molar-refractivity contribution < 1.29 is 19.4 Å². The van der Waals surface area contributed by atoms with E-state index >= 15 is 0 Å². The molecule has 0 heterocycles. The van der Waals surface area contributed by atoms with Crippen LogP contribution in [-0.4, -0.2) is 18.2 Å². The summed E-state index contributed by atoms with van der Waals surface area (Å²) in [4.78, 5) is 11.1. The van der Waals surface area contributed by atoms with Crippen LogP contribution in [0.5, 0.6) is 17.2 Å². The van der Waals surface area contributed by atoms with Crippen molar-refractivity contribution >= 4 is 5.97 Å². The van der Waals surface area contributed by atoms with E-state index in [0.29, 0.717) is 17.2 Å². The number of carboxylic acid groups (broad SMARTS) is 1. The van der Waals surface area contributed by atoms with Gasteiger partial charge in [0.05, 0.1) is 7.11 Å². The van der Waals surface area contributed by atoms with Gasteiger partial charge in [0.1, 0.15) is 22.8 Å². The van der Waals surface area contributed by atoms with Crippen molar-refractivity contribution in [3.05, 3.63) is 53.6 Å². The van der Waals surface area contributed by atoms with Crippen molar-refractivity contribution in [3.63, 3.8) is 0 Å². The highest BCUT2D eigenvalue weighted by Crippen LogP contribution is 2.28. The van der Waals surface area contributed by atoms with Gasteiger partial charge in [-0.05, 0) is 42.8 Å². The summed E-state index contributed by atoms with van der Waals surface area (Å²) in [6.07, 6.45) is 0. The fourth-order valence-electron chi connectivity index (χ4n) is 1.73. The standard InChI is InChI=1S/C15H14O4/c1-10-4-3-5-11(8-10)19-12-6-7-14(18-2)13(9-12)15(16)17/h3-9H,1-2H3,(H,16,17). The quantitative estimate of drug-likeness (QED) is 0.912. The minimum absolute atomic E-state index is 0.0765. The predicted octanol–water partition coefficient (Wildman–Crippen LogP) is 3.49. The van der Waals surface area contributed by atoms with Gasteiger partial charge in [-0.3, -0.25) is 0 Å². The van der Waals surface area contributed by atoms with Crippen molar-refractivity contribution in [2.45, 2.75) is 6.92 Å². The number of benzene rings is 2. The lowest BCUT2D eigenvalue weighted by Crippen LogP contribution is -2.00. The number of aryl methyl sites for hydroxylation is 1.